The maximum atomic E-state index is 4.15. The number of pyridine rings is 1. The fraction of sp³-hybridized carbons (Fsp3) is 0.200. The SMILES string of the molecule is Cc1ccc(CNCc2cn[nH]c2-c2cccnc2)s1. The van der Waals surface area contributed by atoms with Gasteiger partial charge in [0, 0.05) is 46.4 Å². The van der Waals surface area contributed by atoms with Crippen LogP contribution in [0.4, 0.5) is 0 Å². The number of thiophene rings is 1. The number of aromatic nitrogens is 3. The predicted molar refractivity (Wildman–Crippen MR) is 81.4 cm³/mol. The van der Waals surface area contributed by atoms with E-state index in [1.165, 1.54) is 9.75 Å². The third-order valence-corrected chi connectivity index (χ3v) is 4.08. The fourth-order valence-corrected chi connectivity index (χ4v) is 2.97. The lowest BCUT2D eigenvalue weighted by Crippen LogP contribution is -2.11. The highest BCUT2D eigenvalue weighted by molar-refractivity contribution is 7.11. The van der Waals surface area contributed by atoms with Gasteiger partial charge in [-0.05, 0) is 31.2 Å². The van der Waals surface area contributed by atoms with Gasteiger partial charge >= 0.3 is 0 Å². The van der Waals surface area contributed by atoms with Crippen LogP contribution in [0.25, 0.3) is 11.3 Å². The minimum absolute atomic E-state index is 0.789. The first-order chi connectivity index (χ1) is 9.83. The summed E-state index contributed by atoms with van der Waals surface area (Å²) in [6.07, 6.45) is 5.49. The lowest BCUT2D eigenvalue weighted by molar-refractivity contribution is 0.702. The van der Waals surface area contributed by atoms with Crippen LogP contribution in [-0.2, 0) is 13.1 Å². The molecule has 0 spiro atoms. The predicted octanol–water partition coefficient (Wildman–Crippen LogP) is 3.13. The minimum Gasteiger partial charge on any atom is -0.308 e. The summed E-state index contributed by atoms with van der Waals surface area (Å²) in [6, 6.07) is 8.29. The number of hydrogen-bond donors (Lipinski definition) is 2. The minimum atomic E-state index is 0.789. The molecule has 0 aliphatic carbocycles. The van der Waals surface area contributed by atoms with E-state index in [-0.39, 0.29) is 0 Å². The molecular formula is C15H16N4S. The molecule has 3 aromatic rings. The van der Waals surface area contributed by atoms with Crippen molar-refractivity contribution in [3.05, 3.63) is 58.2 Å². The van der Waals surface area contributed by atoms with E-state index in [2.05, 4.69) is 39.6 Å². The summed E-state index contributed by atoms with van der Waals surface area (Å²) in [5, 5.41) is 10.6. The Labute approximate surface area is 121 Å². The van der Waals surface area contributed by atoms with E-state index in [1.807, 2.05) is 35.9 Å². The van der Waals surface area contributed by atoms with E-state index < -0.39 is 0 Å². The molecule has 0 atom stereocenters. The van der Waals surface area contributed by atoms with Gasteiger partial charge < -0.3 is 5.32 Å². The maximum Gasteiger partial charge on any atom is 0.0710 e. The van der Waals surface area contributed by atoms with Crippen LogP contribution in [0.3, 0.4) is 0 Å². The van der Waals surface area contributed by atoms with Gasteiger partial charge in [-0.25, -0.2) is 0 Å². The molecule has 0 bridgehead atoms. The molecule has 4 nitrogen and oxygen atoms in total. The van der Waals surface area contributed by atoms with Crippen molar-refractivity contribution in [2.45, 2.75) is 20.0 Å². The van der Waals surface area contributed by atoms with E-state index in [4.69, 9.17) is 0 Å². The largest absolute Gasteiger partial charge is 0.308 e. The summed E-state index contributed by atoms with van der Waals surface area (Å²) in [5.74, 6) is 0. The van der Waals surface area contributed by atoms with Gasteiger partial charge in [0.15, 0.2) is 0 Å². The molecule has 3 rings (SSSR count). The molecule has 3 heterocycles. The van der Waals surface area contributed by atoms with E-state index in [0.717, 1.165) is 29.9 Å². The Morgan fingerprint density at radius 3 is 2.90 bits per heavy atom. The Morgan fingerprint density at radius 1 is 1.20 bits per heavy atom. The van der Waals surface area contributed by atoms with Crippen molar-refractivity contribution in [2.75, 3.05) is 0 Å². The Bertz CT molecular complexity index is 672. The van der Waals surface area contributed by atoms with Crippen molar-refractivity contribution in [2.24, 2.45) is 0 Å². The average Bonchev–Trinajstić information content (AvgIpc) is 3.09. The molecule has 20 heavy (non-hydrogen) atoms. The zero-order valence-electron chi connectivity index (χ0n) is 11.3. The molecule has 0 saturated carbocycles. The van der Waals surface area contributed by atoms with Crippen LogP contribution in [0, 0.1) is 6.92 Å². The van der Waals surface area contributed by atoms with Crippen LogP contribution >= 0.6 is 11.3 Å². The molecule has 0 fully saturated rings. The van der Waals surface area contributed by atoms with E-state index >= 15 is 0 Å². The van der Waals surface area contributed by atoms with Crippen LogP contribution in [-0.4, -0.2) is 15.2 Å². The summed E-state index contributed by atoms with van der Waals surface area (Å²) in [4.78, 5) is 6.85. The Kier molecular flexibility index (Phi) is 3.90. The van der Waals surface area contributed by atoms with E-state index in [0.29, 0.717) is 0 Å². The first-order valence-electron chi connectivity index (χ1n) is 6.51. The van der Waals surface area contributed by atoms with Gasteiger partial charge in [0.2, 0.25) is 0 Å². The summed E-state index contributed by atoms with van der Waals surface area (Å²) in [7, 11) is 0. The van der Waals surface area contributed by atoms with Crippen LogP contribution in [0.5, 0.6) is 0 Å². The molecule has 0 aliphatic rings. The lowest BCUT2D eigenvalue weighted by atomic mass is 10.1. The number of nitrogens with one attached hydrogen (secondary N) is 2. The highest BCUT2D eigenvalue weighted by Crippen LogP contribution is 2.20. The standard InChI is InChI=1S/C15H16N4S/c1-11-4-5-14(20-11)10-17-8-13-9-18-19-15(13)12-3-2-6-16-7-12/h2-7,9,17H,8,10H2,1H3,(H,18,19). The van der Waals surface area contributed by atoms with Crippen molar-refractivity contribution in [3.63, 3.8) is 0 Å². The molecule has 0 aliphatic heterocycles. The second kappa shape index (κ2) is 5.98. The molecule has 102 valence electrons. The van der Waals surface area contributed by atoms with Gasteiger partial charge in [-0.3, -0.25) is 10.1 Å². The zero-order valence-corrected chi connectivity index (χ0v) is 12.1. The molecule has 5 heteroatoms. The monoisotopic (exact) mass is 284 g/mol. The average molecular weight is 284 g/mol. The summed E-state index contributed by atoms with van der Waals surface area (Å²) < 4.78 is 0. The van der Waals surface area contributed by atoms with Crippen LogP contribution < -0.4 is 5.32 Å². The van der Waals surface area contributed by atoms with Crippen LogP contribution in [0.2, 0.25) is 0 Å². The number of rotatable bonds is 5. The second-order valence-corrected chi connectivity index (χ2v) is 6.00. The van der Waals surface area contributed by atoms with Gasteiger partial charge in [0.05, 0.1) is 11.9 Å². The number of H-pyrrole nitrogens is 1. The number of hydrogen-bond acceptors (Lipinski definition) is 4. The van der Waals surface area contributed by atoms with E-state index in [9.17, 15) is 0 Å². The molecule has 0 aromatic carbocycles. The van der Waals surface area contributed by atoms with E-state index in [1.54, 1.807) is 6.20 Å². The molecule has 2 N–H and O–H groups in total. The molecule has 0 amide bonds. The summed E-state index contributed by atoms with van der Waals surface area (Å²) in [5.41, 5.74) is 3.26. The lowest BCUT2D eigenvalue weighted by Gasteiger charge is -2.04. The third-order valence-electron chi connectivity index (χ3n) is 3.08. The topological polar surface area (TPSA) is 53.6 Å². The highest BCUT2D eigenvalue weighted by Gasteiger charge is 2.07. The first kappa shape index (κ1) is 13.0. The fourth-order valence-electron chi connectivity index (χ4n) is 2.11. The number of aryl methyl sites for hydroxylation is 1. The Morgan fingerprint density at radius 2 is 2.15 bits per heavy atom. The molecule has 3 aromatic heterocycles. The molecule has 0 saturated heterocycles. The van der Waals surface area contributed by atoms with Crippen molar-refractivity contribution in [1.82, 2.24) is 20.5 Å². The van der Waals surface area contributed by atoms with Gasteiger partial charge in [-0.1, -0.05) is 0 Å². The highest BCUT2D eigenvalue weighted by atomic mass is 32.1. The molecule has 0 radical (unpaired) electrons. The van der Waals surface area contributed by atoms with Gasteiger partial charge in [-0.2, -0.15) is 5.10 Å². The quantitative estimate of drug-likeness (QED) is 0.757. The van der Waals surface area contributed by atoms with Crippen molar-refractivity contribution < 1.29 is 0 Å². The Hall–Kier alpha value is -1.98. The second-order valence-electron chi connectivity index (χ2n) is 4.63. The van der Waals surface area contributed by atoms with Gasteiger partial charge in [0.25, 0.3) is 0 Å². The summed E-state index contributed by atoms with van der Waals surface area (Å²) >= 11 is 1.83. The van der Waals surface area contributed by atoms with Crippen LogP contribution in [0.15, 0.2) is 42.9 Å². The summed E-state index contributed by atoms with van der Waals surface area (Å²) in [6.45, 7) is 3.80. The van der Waals surface area contributed by atoms with Crippen molar-refractivity contribution in [1.29, 1.82) is 0 Å². The molecule has 0 unspecified atom stereocenters. The van der Waals surface area contributed by atoms with Crippen molar-refractivity contribution in [3.8, 4) is 11.3 Å². The first-order valence-corrected chi connectivity index (χ1v) is 7.33. The Balaban J connectivity index is 1.65. The van der Waals surface area contributed by atoms with Gasteiger partial charge in [-0.15, -0.1) is 11.3 Å². The van der Waals surface area contributed by atoms with Crippen LogP contribution in [0.1, 0.15) is 15.3 Å². The normalized spacial score (nSPS) is 10.8. The maximum absolute atomic E-state index is 4.15. The van der Waals surface area contributed by atoms with Gasteiger partial charge in [0.1, 0.15) is 0 Å². The van der Waals surface area contributed by atoms with Crippen molar-refractivity contribution >= 4 is 11.3 Å². The smallest absolute Gasteiger partial charge is 0.0710 e. The zero-order chi connectivity index (χ0) is 13.8. The number of nitrogens with zero attached hydrogens (tertiary/aromatic N) is 2. The third kappa shape index (κ3) is 2.95. The molecular weight excluding hydrogens is 268 g/mol. The number of aromatic amines is 1.